The largest absolute Gasteiger partial charge is 0.368 e. The molecular weight excluding hydrogens is 355 g/mol. The van der Waals surface area contributed by atoms with Gasteiger partial charge < -0.3 is 5.32 Å². The van der Waals surface area contributed by atoms with Gasteiger partial charge in [0.15, 0.2) is 11.5 Å². The average Bonchev–Trinajstić information content (AvgIpc) is 3.18. The first-order valence-corrected chi connectivity index (χ1v) is 8.99. The molecule has 6 nitrogen and oxygen atoms in total. The highest BCUT2D eigenvalue weighted by molar-refractivity contribution is 6.30. The second-order valence-corrected chi connectivity index (χ2v) is 7.17. The van der Waals surface area contributed by atoms with Gasteiger partial charge in [-0.05, 0) is 62.7 Å². The zero-order valence-electron chi connectivity index (χ0n) is 14.7. The van der Waals surface area contributed by atoms with Crippen molar-refractivity contribution in [2.75, 3.05) is 25.5 Å². The molecule has 0 saturated carbocycles. The monoisotopic (exact) mass is 374 g/mol. The van der Waals surface area contributed by atoms with Gasteiger partial charge in [-0.1, -0.05) is 17.7 Å². The molecule has 2 aromatic heterocycles. The molecular formula is C18H20ClFN6. The van der Waals surface area contributed by atoms with Gasteiger partial charge in [0.05, 0.1) is 5.02 Å². The quantitative estimate of drug-likeness (QED) is 0.759. The van der Waals surface area contributed by atoms with Crippen LogP contribution >= 0.6 is 11.6 Å². The Morgan fingerprint density at radius 1 is 1.27 bits per heavy atom. The second kappa shape index (κ2) is 6.81. The van der Waals surface area contributed by atoms with E-state index >= 15 is 0 Å². The molecule has 0 aliphatic carbocycles. The lowest BCUT2D eigenvalue weighted by atomic mass is 9.93. The number of aryl methyl sites for hydroxylation is 1. The molecule has 3 heterocycles. The van der Waals surface area contributed by atoms with Gasteiger partial charge >= 0.3 is 0 Å². The maximum atomic E-state index is 13.9. The fourth-order valence-corrected chi connectivity index (χ4v) is 3.81. The molecule has 1 aromatic carbocycles. The van der Waals surface area contributed by atoms with Crippen LogP contribution in [0.4, 0.5) is 10.2 Å². The van der Waals surface area contributed by atoms with Crippen LogP contribution < -0.4 is 5.32 Å². The molecule has 8 heteroatoms. The number of likely N-dealkylation sites (tertiary alicyclic amines) is 1. The lowest BCUT2D eigenvalue weighted by Crippen LogP contribution is -2.25. The maximum Gasteiger partial charge on any atom is 0.178 e. The third-order valence-electron chi connectivity index (χ3n) is 5.02. The Morgan fingerprint density at radius 2 is 2.12 bits per heavy atom. The first-order chi connectivity index (χ1) is 12.5. The van der Waals surface area contributed by atoms with Crippen LogP contribution in [-0.2, 0) is 0 Å². The number of benzene rings is 1. The van der Waals surface area contributed by atoms with Crippen molar-refractivity contribution in [3.05, 3.63) is 52.6 Å². The fraction of sp³-hybridized carbons (Fsp3) is 0.389. The first-order valence-electron chi connectivity index (χ1n) is 8.61. The molecule has 0 radical (unpaired) electrons. The summed E-state index contributed by atoms with van der Waals surface area (Å²) in [5.74, 6) is 1.50. The maximum absolute atomic E-state index is 13.9. The molecule has 1 saturated heterocycles. The van der Waals surface area contributed by atoms with Gasteiger partial charge in [0.2, 0.25) is 0 Å². The molecule has 1 fully saturated rings. The van der Waals surface area contributed by atoms with E-state index in [0.29, 0.717) is 5.92 Å². The first kappa shape index (κ1) is 17.2. The number of rotatable bonds is 4. The van der Waals surface area contributed by atoms with Gasteiger partial charge in [0, 0.05) is 12.6 Å². The van der Waals surface area contributed by atoms with E-state index in [0.717, 1.165) is 42.4 Å². The summed E-state index contributed by atoms with van der Waals surface area (Å²) in [5, 5.41) is 16.2. The van der Waals surface area contributed by atoms with Crippen molar-refractivity contribution >= 4 is 23.1 Å². The zero-order valence-corrected chi connectivity index (χ0v) is 15.4. The smallest absolute Gasteiger partial charge is 0.178 e. The van der Waals surface area contributed by atoms with Crippen molar-refractivity contribution in [2.45, 2.75) is 19.4 Å². The van der Waals surface area contributed by atoms with Crippen molar-refractivity contribution in [3.63, 3.8) is 0 Å². The topological polar surface area (TPSA) is 58.4 Å². The number of anilines is 1. The minimum Gasteiger partial charge on any atom is -0.368 e. The zero-order chi connectivity index (χ0) is 18.3. The van der Waals surface area contributed by atoms with E-state index < -0.39 is 0 Å². The number of nitrogens with one attached hydrogen (secondary N) is 1. The third kappa shape index (κ3) is 3.12. The molecule has 1 aliphatic heterocycles. The summed E-state index contributed by atoms with van der Waals surface area (Å²) >= 11 is 5.83. The number of fused-ring (bicyclic) bond motifs is 1. The molecule has 26 heavy (non-hydrogen) atoms. The molecule has 3 aromatic rings. The van der Waals surface area contributed by atoms with E-state index in [1.807, 2.05) is 25.1 Å². The standard InChI is InChI=1S/C18H20ClFN6/c1-11-22-23-17-6-5-16(24-26(11)17)21-10-13-7-8-25(2)18(13)12-3-4-14(19)15(20)9-12/h3-6,9,13,18H,7-8,10H2,1-2H3,(H,21,24). The van der Waals surface area contributed by atoms with Crippen molar-refractivity contribution < 1.29 is 4.39 Å². The summed E-state index contributed by atoms with van der Waals surface area (Å²) in [6.45, 7) is 3.59. The van der Waals surface area contributed by atoms with E-state index in [4.69, 9.17) is 11.6 Å². The highest BCUT2D eigenvalue weighted by Gasteiger charge is 2.33. The van der Waals surface area contributed by atoms with E-state index in [2.05, 4.69) is 32.6 Å². The summed E-state index contributed by atoms with van der Waals surface area (Å²) in [5.41, 5.74) is 1.68. The summed E-state index contributed by atoms with van der Waals surface area (Å²) in [7, 11) is 2.07. The van der Waals surface area contributed by atoms with E-state index in [1.165, 1.54) is 0 Å². The van der Waals surface area contributed by atoms with Crippen molar-refractivity contribution in [1.82, 2.24) is 24.7 Å². The Bertz CT molecular complexity index is 943. The van der Waals surface area contributed by atoms with Gasteiger partial charge in [0.25, 0.3) is 0 Å². The van der Waals surface area contributed by atoms with Crippen LogP contribution in [0.25, 0.3) is 5.65 Å². The van der Waals surface area contributed by atoms with Gasteiger partial charge in [0.1, 0.15) is 11.6 Å². The molecule has 1 aliphatic rings. The second-order valence-electron chi connectivity index (χ2n) is 6.76. The highest BCUT2D eigenvalue weighted by atomic mass is 35.5. The Hall–Kier alpha value is -2.25. The number of halogens is 2. The molecule has 0 amide bonds. The van der Waals surface area contributed by atoms with Crippen LogP contribution in [0.2, 0.25) is 5.02 Å². The van der Waals surface area contributed by atoms with Crippen LogP contribution in [0.15, 0.2) is 30.3 Å². The molecule has 2 atom stereocenters. The van der Waals surface area contributed by atoms with Crippen molar-refractivity contribution in [1.29, 1.82) is 0 Å². The summed E-state index contributed by atoms with van der Waals surface area (Å²) in [6, 6.07) is 9.03. The lowest BCUT2D eigenvalue weighted by Gasteiger charge is -2.26. The predicted octanol–water partition coefficient (Wildman–Crippen LogP) is 3.33. The Kier molecular flexibility index (Phi) is 4.50. The fourth-order valence-electron chi connectivity index (χ4n) is 3.69. The van der Waals surface area contributed by atoms with E-state index in [-0.39, 0.29) is 16.9 Å². The molecule has 2 unspecified atom stereocenters. The minimum absolute atomic E-state index is 0.148. The minimum atomic E-state index is -0.369. The van der Waals surface area contributed by atoms with Crippen LogP contribution in [0, 0.1) is 18.7 Å². The third-order valence-corrected chi connectivity index (χ3v) is 5.33. The Morgan fingerprint density at radius 3 is 2.92 bits per heavy atom. The average molecular weight is 375 g/mol. The van der Waals surface area contributed by atoms with Gasteiger partial charge in [-0.2, -0.15) is 4.52 Å². The molecule has 1 N–H and O–H groups in total. The number of hydrogen-bond acceptors (Lipinski definition) is 5. The molecule has 136 valence electrons. The molecule has 4 rings (SSSR count). The Labute approximate surface area is 156 Å². The Balaban J connectivity index is 1.52. The summed E-state index contributed by atoms with van der Waals surface area (Å²) in [4.78, 5) is 2.26. The number of hydrogen-bond donors (Lipinski definition) is 1. The van der Waals surface area contributed by atoms with Gasteiger partial charge in [-0.25, -0.2) is 4.39 Å². The van der Waals surface area contributed by atoms with Crippen molar-refractivity contribution in [3.8, 4) is 0 Å². The normalized spacial score (nSPS) is 20.8. The van der Waals surface area contributed by atoms with E-state index in [1.54, 1.807) is 16.6 Å². The van der Waals surface area contributed by atoms with E-state index in [9.17, 15) is 4.39 Å². The highest BCUT2D eigenvalue weighted by Crippen LogP contribution is 2.37. The van der Waals surface area contributed by atoms with Gasteiger partial charge in [-0.15, -0.1) is 15.3 Å². The van der Waals surface area contributed by atoms with Crippen molar-refractivity contribution in [2.24, 2.45) is 5.92 Å². The summed E-state index contributed by atoms with van der Waals surface area (Å²) in [6.07, 6.45) is 1.03. The SMILES string of the molecule is Cc1nnc2ccc(NCC3CCN(C)C3c3ccc(Cl)c(F)c3)nn12. The van der Waals surface area contributed by atoms with Crippen LogP contribution in [0.1, 0.15) is 23.9 Å². The number of aromatic nitrogens is 4. The van der Waals surface area contributed by atoms with Gasteiger partial charge in [-0.3, -0.25) is 4.90 Å². The number of nitrogens with zero attached hydrogens (tertiary/aromatic N) is 5. The van der Waals surface area contributed by atoms with Crippen LogP contribution in [0.3, 0.4) is 0 Å². The van der Waals surface area contributed by atoms with Crippen LogP contribution in [-0.4, -0.2) is 44.8 Å². The molecule has 0 bridgehead atoms. The van der Waals surface area contributed by atoms with Crippen LogP contribution in [0.5, 0.6) is 0 Å². The lowest BCUT2D eigenvalue weighted by molar-refractivity contribution is 0.281. The molecule has 0 spiro atoms. The predicted molar refractivity (Wildman–Crippen MR) is 98.9 cm³/mol. The summed E-state index contributed by atoms with van der Waals surface area (Å²) < 4.78 is 15.6.